The van der Waals surface area contributed by atoms with E-state index in [4.69, 9.17) is 0 Å². The second kappa shape index (κ2) is 10.5. The minimum absolute atomic E-state index is 0.995. The number of allylic oxidation sites excluding steroid dienone is 3. The third-order valence-corrected chi connectivity index (χ3v) is 2.58. The molecule has 92 valence electrons. The average Bonchev–Trinajstić information content (AvgIpc) is 2.30. The Bertz CT molecular complexity index is 229. The molecule has 0 amide bonds. The van der Waals surface area contributed by atoms with Crippen molar-refractivity contribution in [2.75, 3.05) is 20.1 Å². The van der Waals surface area contributed by atoms with Gasteiger partial charge in [0.1, 0.15) is 0 Å². The molecule has 0 aromatic rings. The summed E-state index contributed by atoms with van der Waals surface area (Å²) in [5.41, 5.74) is 1.48. The Hall–Kier alpha value is -1.05. The van der Waals surface area contributed by atoms with Crippen molar-refractivity contribution >= 4 is 6.34 Å². The van der Waals surface area contributed by atoms with Gasteiger partial charge in [0.15, 0.2) is 0 Å². The van der Waals surface area contributed by atoms with Gasteiger partial charge in [0.2, 0.25) is 0 Å². The third-order valence-electron chi connectivity index (χ3n) is 2.58. The summed E-state index contributed by atoms with van der Waals surface area (Å²) in [6.07, 6.45) is 10.8. The van der Waals surface area contributed by atoms with Gasteiger partial charge in [-0.25, -0.2) is 0 Å². The van der Waals surface area contributed by atoms with E-state index in [1.165, 1.54) is 24.8 Å². The van der Waals surface area contributed by atoms with Crippen molar-refractivity contribution in [2.24, 2.45) is 4.99 Å². The molecule has 0 bridgehead atoms. The van der Waals surface area contributed by atoms with Crippen molar-refractivity contribution in [1.82, 2.24) is 4.90 Å². The molecule has 0 fully saturated rings. The standard InChI is InChI=1S/C14H26N2/c1-5-7-10-14(3)11-8-9-12-16(6-2)13-15-4/h5,10,13H,1,6-9,11-12H2,2-4H3/b14-10+,15-13-. The van der Waals surface area contributed by atoms with Gasteiger partial charge in [-0.15, -0.1) is 6.58 Å². The maximum Gasteiger partial charge on any atom is 0.0846 e. The molecule has 0 radical (unpaired) electrons. The van der Waals surface area contributed by atoms with E-state index in [2.05, 4.69) is 36.4 Å². The molecule has 0 spiro atoms. The zero-order valence-electron chi connectivity index (χ0n) is 11.1. The Morgan fingerprint density at radius 2 is 2.12 bits per heavy atom. The molecule has 0 unspecified atom stereocenters. The molecular weight excluding hydrogens is 196 g/mol. The molecule has 0 saturated carbocycles. The molecule has 0 heterocycles. The first-order chi connectivity index (χ1) is 7.74. The highest BCUT2D eigenvalue weighted by Crippen LogP contribution is 2.08. The average molecular weight is 222 g/mol. The summed E-state index contributed by atoms with van der Waals surface area (Å²) >= 11 is 0. The maximum atomic E-state index is 4.04. The predicted molar refractivity (Wildman–Crippen MR) is 74.1 cm³/mol. The van der Waals surface area contributed by atoms with Crippen LogP contribution in [-0.2, 0) is 0 Å². The lowest BCUT2D eigenvalue weighted by Gasteiger charge is -2.16. The lowest BCUT2D eigenvalue weighted by Crippen LogP contribution is -2.22. The van der Waals surface area contributed by atoms with Crippen molar-refractivity contribution in [2.45, 2.75) is 39.5 Å². The van der Waals surface area contributed by atoms with Crippen molar-refractivity contribution in [1.29, 1.82) is 0 Å². The summed E-state index contributed by atoms with van der Waals surface area (Å²) in [5, 5.41) is 0. The third kappa shape index (κ3) is 8.27. The van der Waals surface area contributed by atoms with Crippen LogP contribution in [0.25, 0.3) is 0 Å². The fourth-order valence-electron chi connectivity index (χ4n) is 1.57. The van der Waals surface area contributed by atoms with Gasteiger partial charge < -0.3 is 4.90 Å². The van der Waals surface area contributed by atoms with E-state index in [1.54, 1.807) is 0 Å². The van der Waals surface area contributed by atoms with Gasteiger partial charge >= 0.3 is 0 Å². The summed E-state index contributed by atoms with van der Waals surface area (Å²) < 4.78 is 0. The lowest BCUT2D eigenvalue weighted by molar-refractivity contribution is 0.435. The molecule has 0 aromatic carbocycles. The molecule has 0 aliphatic carbocycles. The molecule has 2 heteroatoms. The molecule has 0 atom stereocenters. The molecular formula is C14H26N2. The van der Waals surface area contributed by atoms with Crippen molar-refractivity contribution < 1.29 is 0 Å². The topological polar surface area (TPSA) is 15.6 Å². The van der Waals surface area contributed by atoms with Gasteiger partial charge in [-0.2, -0.15) is 0 Å². The first kappa shape index (κ1) is 14.9. The van der Waals surface area contributed by atoms with Crippen LogP contribution >= 0.6 is 0 Å². The summed E-state index contributed by atoms with van der Waals surface area (Å²) in [6.45, 7) is 10.2. The summed E-state index contributed by atoms with van der Waals surface area (Å²) in [7, 11) is 1.82. The molecule has 0 aromatic heterocycles. The predicted octanol–water partition coefficient (Wildman–Crippen LogP) is 3.66. The van der Waals surface area contributed by atoms with Gasteiger partial charge in [0.25, 0.3) is 0 Å². The molecule has 16 heavy (non-hydrogen) atoms. The van der Waals surface area contributed by atoms with Crippen LogP contribution in [0.5, 0.6) is 0 Å². The fraction of sp³-hybridized carbons (Fsp3) is 0.643. The molecule has 0 aliphatic heterocycles. The Balaban J connectivity index is 3.62. The zero-order chi connectivity index (χ0) is 12.2. The van der Waals surface area contributed by atoms with Gasteiger partial charge in [0.05, 0.1) is 6.34 Å². The van der Waals surface area contributed by atoms with E-state index in [0.29, 0.717) is 0 Å². The van der Waals surface area contributed by atoms with Crippen LogP contribution in [0.1, 0.15) is 39.5 Å². The molecule has 2 nitrogen and oxygen atoms in total. The van der Waals surface area contributed by atoms with Crippen molar-refractivity contribution in [3.05, 3.63) is 24.3 Å². The molecule has 0 rings (SSSR count). The SMILES string of the molecule is C=CC/C=C(\C)CCCCN(/C=N\C)CC. The minimum atomic E-state index is 0.995. The number of nitrogens with zero attached hydrogens (tertiary/aromatic N) is 2. The summed E-state index contributed by atoms with van der Waals surface area (Å²) in [4.78, 5) is 6.29. The smallest absolute Gasteiger partial charge is 0.0846 e. The number of rotatable bonds is 9. The van der Waals surface area contributed by atoms with E-state index < -0.39 is 0 Å². The van der Waals surface area contributed by atoms with Crippen LogP contribution in [-0.4, -0.2) is 31.4 Å². The number of aliphatic imine (C=N–C) groups is 1. The Labute approximate surface area is 101 Å². The second-order valence-electron chi connectivity index (χ2n) is 4.03. The number of unbranched alkanes of at least 4 members (excludes halogenated alkanes) is 1. The highest BCUT2D eigenvalue weighted by molar-refractivity contribution is 5.54. The van der Waals surface area contributed by atoms with Gasteiger partial charge in [-0.3, -0.25) is 4.99 Å². The van der Waals surface area contributed by atoms with Crippen LogP contribution in [0.15, 0.2) is 29.3 Å². The van der Waals surface area contributed by atoms with E-state index >= 15 is 0 Å². The number of hydrogen-bond acceptors (Lipinski definition) is 1. The first-order valence-electron chi connectivity index (χ1n) is 6.17. The zero-order valence-corrected chi connectivity index (χ0v) is 11.1. The van der Waals surface area contributed by atoms with Crippen LogP contribution in [0, 0.1) is 0 Å². The van der Waals surface area contributed by atoms with Crippen molar-refractivity contribution in [3.63, 3.8) is 0 Å². The van der Waals surface area contributed by atoms with Gasteiger partial charge in [-0.1, -0.05) is 17.7 Å². The van der Waals surface area contributed by atoms with E-state index in [0.717, 1.165) is 19.5 Å². The molecule has 0 saturated heterocycles. The van der Waals surface area contributed by atoms with E-state index in [1.807, 2.05) is 19.5 Å². The fourth-order valence-corrected chi connectivity index (χ4v) is 1.57. The van der Waals surface area contributed by atoms with Crippen molar-refractivity contribution in [3.8, 4) is 0 Å². The Morgan fingerprint density at radius 3 is 2.69 bits per heavy atom. The molecule has 0 N–H and O–H groups in total. The van der Waals surface area contributed by atoms with E-state index in [9.17, 15) is 0 Å². The minimum Gasteiger partial charge on any atom is -0.363 e. The Kier molecular flexibility index (Phi) is 9.78. The van der Waals surface area contributed by atoms with Crippen LogP contribution in [0.4, 0.5) is 0 Å². The second-order valence-corrected chi connectivity index (χ2v) is 4.03. The first-order valence-corrected chi connectivity index (χ1v) is 6.17. The van der Waals surface area contributed by atoms with Crippen LogP contribution in [0.2, 0.25) is 0 Å². The van der Waals surface area contributed by atoms with Gasteiger partial charge in [0, 0.05) is 20.1 Å². The molecule has 0 aliphatic rings. The summed E-state index contributed by atoms with van der Waals surface area (Å²) in [5.74, 6) is 0. The van der Waals surface area contributed by atoms with Gasteiger partial charge in [-0.05, 0) is 39.5 Å². The highest BCUT2D eigenvalue weighted by atomic mass is 15.1. The summed E-state index contributed by atoms with van der Waals surface area (Å²) in [6, 6.07) is 0. The quantitative estimate of drug-likeness (QED) is 0.251. The Morgan fingerprint density at radius 1 is 1.38 bits per heavy atom. The highest BCUT2D eigenvalue weighted by Gasteiger charge is 1.96. The lowest BCUT2D eigenvalue weighted by atomic mass is 10.1. The van der Waals surface area contributed by atoms with Crippen LogP contribution < -0.4 is 0 Å². The van der Waals surface area contributed by atoms with Crippen LogP contribution in [0.3, 0.4) is 0 Å². The van der Waals surface area contributed by atoms with E-state index in [-0.39, 0.29) is 0 Å². The number of hydrogen-bond donors (Lipinski definition) is 0. The monoisotopic (exact) mass is 222 g/mol. The normalized spacial score (nSPS) is 12.1. The maximum absolute atomic E-state index is 4.04. The largest absolute Gasteiger partial charge is 0.363 e.